The van der Waals surface area contributed by atoms with Gasteiger partial charge in [-0.25, -0.2) is 0 Å². The molecular formula is C12H20BrNOS. The van der Waals surface area contributed by atoms with Crippen LogP contribution in [0.15, 0.2) is 15.9 Å². The number of nitrogens with one attached hydrogen (secondary N) is 1. The predicted octanol–water partition coefficient (Wildman–Crippen LogP) is 3.05. The van der Waals surface area contributed by atoms with Gasteiger partial charge in [-0.2, -0.15) is 0 Å². The summed E-state index contributed by atoms with van der Waals surface area (Å²) in [6.45, 7) is 7.80. The molecule has 0 bridgehead atoms. The van der Waals surface area contributed by atoms with Crippen molar-refractivity contribution in [3.05, 3.63) is 20.8 Å². The molecule has 1 rings (SSSR count). The molecule has 4 heteroatoms. The van der Waals surface area contributed by atoms with Gasteiger partial charge in [-0.1, -0.05) is 13.8 Å². The molecule has 2 N–H and O–H groups in total. The van der Waals surface area contributed by atoms with E-state index in [1.54, 1.807) is 11.3 Å². The average Bonchev–Trinajstić information content (AvgIpc) is 2.48. The summed E-state index contributed by atoms with van der Waals surface area (Å²) >= 11 is 5.12. The summed E-state index contributed by atoms with van der Waals surface area (Å²) in [4.78, 5) is 1.21. The van der Waals surface area contributed by atoms with Gasteiger partial charge >= 0.3 is 0 Å². The molecule has 0 saturated carbocycles. The van der Waals surface area contributed by atoms with Crippen molar-refractivity contribution in [2.24, 2.45) is 5.92 Å². The lowest BCUT2D eigenvalue weighted by Crippen LogP contribution is -2.40. The van der Waals surface area contributed by atoms with Crippen LogP contribution in [0.1, 0.15) is 25.6 Å². The lowest BCUT2D eigenvalue weighted by molar-refractivity contribution is 0.0604. The SMILES string of the molecule is CC(C)CNCC(C)(O)Cc1ccc(Br)s1. The highest BCUT2D eigenvalue weighted by atomic mass is 79.9. The molecule has 0 fully saturated rings. The Bertz CT molecular complexity index is 323. The Hall–Kier alpha value is 0.1000. The average molecular weight is 306 g/mol. The molecule has 0 spiro atoms. The van der Waals surface area contributed by atoms with Crippen molar-refractivity contribution >= 4 is 27.3 Å². The molecule has 2 nitrogen and oxygen atoms in total. The number of hydrogen-bond donors (Lipinski definition) is 2. The van der Waals surface area contributed by atoms with Gasteiger partial charge in [0.2, 0.25) is 0 Å². The normalized spacial score (nSPS) is 15.4. The Morgan fingerprint density at radius 2 is 2.19 bits per heavy atom. The fourth-order valence-electron chi connectivity index (χ4n) is 1.51. The van der Waals surface area contributed by atoms with Gasteiger partial charge in [-0.3, -0.25) is 0 Å². The van der Waals surface area contributed by atoms with E-state index in [0.29, 0.717) is 18.9 Å². The van der Waals surface area contributed by atoms with E-state index in [-0.39, 0.29) is 0 Å². The molecule has 1 atom stereocenters. The van der Waals surface area contributed by atoms with E-state index in [2.05, 4.69) is 41.2 Å². The molecule has 0 aliphatic heterocycles. The lowest BCUT2D eigenvalue weighted by atomic mass is 10.0. The highest BCUT2D eigenvalue weighted by Gasteiger charge is 2.21. The van der Waals surface area contributed by atoms with E-state index in [1.807, 2.05) is 13.0 Å². The fraction of sp³-hybridized carbons (Fsp3) is 0.667. The van der Waals surface area contributed by atoms with Crippen molar-refractivity contribution in [1.29, 1.82) is 0 Å². The fourth-order valence-corrected chi connectivity index (χ4v) is 3.18. The van der Waals surface area contributed by atoms with Gasteiger partial charge < -0.3 is 10.4 Å². The first-order chi connectivity index (χ1) is 7.39. The molecule has 0 aromatic carbocycles. The van der Waals surface area contributed by atoms with Gasteiger partial charge in [0.25, 0.3) is 0 Å². The highest BCUT2D eigenvalue weighted by molar-refractivity contribution is 9.11. The minimum absolute atomic E-state index is 0.617. The monoisotopic (exact) mass is 305 g/mol. The largest absolute Gasteiger partial charge is 0.388 e. The third-order valence-electron chi connectivity index (χ3n) is 2.24. The van der Waals surface area contributed by atoms with Crippen LogP contribution in [0.25, 0.3) is 0 Å². The Kier molecular flexibility index (Phi) is 5.44. The first-order valence-electron chi connectivity index (χ1n) is 5.56. The van der Waals surface area contributed by atoms with Gasteiger partial charge in [0.1, 0.15) is 0 Å². The summed E-state index contributed by atoms with van der Waals surface area (Å²) in [5, 5.41) is 13.5. The number of hydrogen-bond acceptors (Lipinski definition) is 3. The summed E-state index contributed by atoms with van der Waals surface area (Å²) in [6.07, 6.45) is 0.703. The first-order valence-corrected chi connectivity index (χ1v) is 7.17. The number of thiophene rings is 1. The van der Waals surface area contributed by atoms with E-state index in [0.717, 1.165) is 10.3 Å². The number of aliphatic hydroxyl groups is 1. The quantitative estimate of drug-likeness (QED) is 0.846. The van der Waals surface area contributed by atoms with Crippen molar-refractivity contribution in [3.8, 4) is 0 Å². The van der Waals surface area contributed by atoms with Crippen LogP contribution in [-0.2, 0) is 6.42 Å². The first kappa shape index (κ1) is 14.2. The second kappa shape index (κ2) is 6.15. The minimum Gasteiger partial charge on any atom is -0.388 e. The number of rotatable bonds is 6. The molecule has 0 aliphatic rings. The predicted molar refractivity (Wildman–Crippen MR) is 74.1 cm³/mol. The van der Waals surface area contributed by atoms with Crippen molar-refractivity contribution < 1.29 is 5.11 Å². The maximum Gasteiger partial charge on any atom is 0.0791 e. The third-order valence-corrected chi connectivity index (χ3v) is 3.87. The molecule has 0 radical (unpaired) electrons. The van der Waals surface area contributed by atoms with Crippen LogP contribution in [0.3, 0.4) is 0 Å². The zero-order chi connectivity index (χ0) is 12.2. The molecule has 0 amide bonds. The summed E-state index contributed by atoms with van der Waals surface area (Å²) in [5.41, 5.74) is -0.667. The topological polar surface area (TPSA) is 32.3 Å². The second-order valence-corrected chi connectivity index (χ2v) is 7.45. The molecule has 0 aliphatic carbocycles. The standard InChI is InChI=1S/C12H20BrNOS/c1-9(2)7-14-8-12(3,15)6-10-4-5-11(13)16-10/h4-5,9,14-15H,6-8H2,1-3H3. The van der Waals surface area contributed by atoms with E-state index in [9.17, 15) is 5.11 Å². The van der Waals surface area contributed by atoms with E-state index >= 15 is 0 Å². The third kappa shape index (κ3) is 5.43. The van der Waals surface area contributed by atoms with Crippen molar-refractivity contribution in [1.82, 2.24) is 5.32 Å². The van der Waals surface area contributed by atoms with Gasteiger partial charge in [0, 0.05) is 17.8 Å². The van der Waals surface area contributed by atoms with Crippen LogP contribution < -0.4 is 5.32 Å². The van der Waals surface area contributed by atoms with Crippen LogP contribution in [0.2, 0.25) is 0 Å². The highest BCUT2D eigenvalue weighted by Crippen LogP contribution is 2.25. The Morgan fingerprint density at radius 3 is 2.69 bits per heavy atom. The zero-order valence-corrected chi connectivity index (χ0v) is 12.5. The summed E-state index contributed by atoms with van der Waals surface area (Å²) in [6, 6.07) is 4.09. The van der Waals surface area contributed by atoms with E-state index < -0.39 is 5.60 Å². The molecule has 1 unspecified atom stereocenters. The maximum absolute atomic E-state index is 10.2. The molecule has 92 valence electrons. The summed E-state index contributed by atoms with van der Waals surface area (Å²) in [5.74, 6) is 0.617. The molecular weight excluding hydrogens is 286 g/mol. The van der Waals surface area contributed by atoms with Crippen molar-refractivity contribution in [2.45, 2.75) is 32.8 Å². The molecule has 16 heavy (non-hydrogen) atoms. The Morgan fingerprint density at radius 1 is 1.50 bits per heavy atom. The van der Waals surface area contributed by atoms with Gasteiger partial charge in [-0.15, -0.1) is 11.3 Å². The Labute approximate surface area is 110 Å². The van der Waals surface area contributed by atoms with Crippen molar-refractivity contribution in [3.63, 3.8) is 0 Å². The van der Waals surface area contributed by atoms with Gasteiger partial charge in [0.15, 0.2) is 0 Å². The molecule has 1 aromatic rings. The lowest BCUT2D eigenvalue weighted by Gasteiger charge is -2.23. The van der Waals surface area contributed by atoms with Crippen molar-refractivity contribution in [2.75, 3.05) is 13.1 Å². The molecule has 1 aromatic heterocycles. The zero-order valence-electron chi connectivity index (χ0n) is 10.1. The van der Waals surface area contributed by atoms with Crippen LogP contribution in [0.5, 0.6) is 0 Å². The van der Waals surface area contributed by atoms with E-state index in [4.69, 9.17) is 0 Å². The van der Waals surface area contributed by atoms with Gasteiger partial charge in [0.05, 0.1) is 9.39 Å². The van der Waals surface area contributed by atoms with Gasteiger partial charge in [-0.05, 0) is 47.4 Å². The summed E-state index contributed by atoms with van der Waals surface area (Å²) in [7, 11) is 0. The second-order valence-electron chi connectivity index (χ2n) is 4.90. The number of halogens is 1. The minimum atomic E-state index is -0.667. The molecule has 1 heterocycles. The smallest absolute Gasteiger partial charge is 0.0791 e. The van der Waals surface area contributed by atoms with Crippen LogP contribution in [-0.4, -0.2) is 23.8 Å². The van der Waals surface area contributed by atoms with Crippen LogP contribution in [0, 0.1) is 5.92 Å². The maximum atomic E-state index is 10.2. The van der Waals surface area contributed by atoms with E-state index in [1.165, 1.54) is 4.88 Å². The summed E-state index contributed by atoms with van der Waals surface area (Å²) < 4.78 is 1.12. The molecule has 0 saturated heterocycles. The van der Waals surface area contributed by atoms with Crippen LogP contribution in [0.4, 0.5) is 0 Å². The van der Waals surface area contributed by atoms with Crippen LogP contribution >= 0.6 is 27.3 Å². The Balaban J connectivity index is 2.39.